The second kappa shape index (κ2) is 8.17. The molecule has 0 bridgehead atoms. The van der Waals surface area contributed by atoms with Gasteiger partial charge in [0.1, 0.15) is 12.3 Å². The smallest absolute Gasteiger partial charge is 0.268 e. The van der Waals surface area contributed by atoms with Gasteiger partial charge in [0.05, 0.1) is 5.69 Å². The number of para-hydroxylation sites is 2. The summed E-state index contributed by atoms with van der Waals surface area (Å²) < 4.78 is 5.57. The van der Waals surface area contributed by atoms with E-state index in [2.05, 4.69) is 16.7 Å². The first-order chi connectivity index (χ1) is 11.1. The number of nitrogens with one attached hydrogen (secondary N) is 2. The summed E-state index contributed by atoms with van der Waals surface area (Å²) in [6.45, 7) is 4.03. The Hall–Kier alpha value is -2.05. The first kappa shape index (κ1) is 18.3. The Labute approximate surface area is 147 Å². The molecule has 0 fully saturated rings. The fraction of sp³-hybridized carbons (Fsp3) is 0.412. The van der Waals surface area contributed by atoms with E-state index >= 15 is 0 Å². The Bertz CT molecular complexity index is 648. The van der Waals surface area contributed by atoms with Crippen LogP contribution in [-0.4, -0.2) is 44.1 Å². The molecule has 3 rings (SSSR count). The van der Waals surface area contributed by atoms with Crippen LogP contribution in [0.2, 0.25) is 0 Å². The average Bonchev–Trinajstić information content (AvgIpc) is 2.58. The fourth-order valence-corrected chi connectivity index (χ4v) is 2.76. The number of amides is 2. The van der Waals surface area contributed by atoms with Gasteiger partial charge in [-0.2, -0.15) is 0 Å². The lowest BCUT2D eigenvalue weighted by Gasteiger charge is -2.32. The number of rotatable bonds is 4. The van der Waals surface area contributed by atoms with Gasteiger partial charge >= 0.3 is 0 Å². The van der Waals surface area contributed by atoms with Gasteiger partial charge < -0.3 is 15.4 Å². The van der Waals surface area contributed by atoms with Crippen LogP contribution in [0.5, 0.6) is 5.75 Å². The van der Waals surface area contributed by atoms with Crippen molar-refractivity contribution in [1.29, 1.82) is 0 Å². The Morgan fingerprint density at radius 1 is 1.42 bits per heavy atom. The van der Waals surface area contributed by atoms with Gasteiger partial charge in [0.15, 0.2) is 6.10 Å². The molecule has 2 aliphatic rings. The zero-order valence-electron chi connectivity index (χ0n) is 13.6. The maximum Gasteiger partial charge on any atom is 0.268 e. The number of carbonyl (C=O) groups excluding carboxylic acids is 2. The van der Waals surface area contributed by atoms with Crippen molar-refractivity contribution in [1.82, 2.24) is 10.6 Å². The molecule has 6 nitrogen and oxygen atoms in total. The molecule has 0 spiro atoms. The van der Waals surface area contributed by atoms with Crippen LogP contribution in [0.3, 0.4) is 0 Å². The number of fused-ring (bicyclic) bond motifs is 1. The van der Waals surface area contributed by atoms with Gasteiger partial charge in [0.2, 0.25) is 5.91 Å². The molecule has 0 aliphatic carbocycles. The molecule has 2 amide bonds. The summed E-state index contributed by atoms with van der Waals surface area (Å²) in [5.41, 5.74) is 1.87. The third-order valence-electron chi connectivity index (χ3n) is 4.05. The molecule has 2 N–H and O–H groups in total. The molecule has 0 saturated carbocycles. The van der Waals surface area contributed by atoms with Crippen molar-refractivity contribution in [3.63, 3.8) is 0 Å². The van der Waals surface area contributed by atoms with Gasteiger partial charge in [0.25, 0.3) is 5.91 Å². The number of nitrogens with zero attached hydrogens (tertiary/aromatic N) is 1. The van der Waals surface area contributed by atoms with Gasteiger partial charge in [-0.05, 0) is 32.0 Å². The number of benzene rings is 1. The first-order valence-corrected chi connectivity index (χ1v) is 7.87. The summed E-state index contributed by atoms with van der Waals surface area (Å²) in [6, 6.07) is 7.28. The summed E-state index contributed by atoms with van der Waals surface area (Å²) in [5, 5.41) is 6.13. The number of ether oxygens (including phenoxy) is 1. The van der Waals surface area contributed by atoms with Crippen LogP contribution in [0.1, 0.15) is 13.3 Å². The minimum Gasteiger partial charge on any atom is -0.479 e. The number of anilines is 1. The summed E-state index contributed by atoms with van der Waals surface area (Å²) >= 11 is 0. The van der Waals surface area contributed by atoms with Crippen molar-refractivity contribution in [3.8, 4) is 5.75 Å². The summed E-state index contributed by atoms with van der Waals surface area (Å²) in [6.07, 6.45) is 2.46. The van der Waals surface area contributed by atoms with Crippen LogP contribution < -0.4 is 20.3 Å². The SMILES string of the molecule is CC1Oc2ccccc2N(CC(=O)NCC2=CCNCC2)C1=O.Cl. The highest BCUT2D eigenvalue weighted by Crippen LogP contribution is 2.33. The van der Waals surface area contributed by atoms with E-state index in [0.717, 1.165) is 19.5 Å². The number of hydrogen-bond donors (Lipinski definition) is 2. The summed E-state index contributed by atoms with van der Waals surface area (Å²) in [4.78, 5) is 26.1. The van der Waals surface area contributed by atoms with Crippen LogP contribution in [0, 0.1) is 0 Å². The first-order valence-electron chi connectivity index (χ1n) is 7.87. The predicted molar refractivity (Wildman–Crippen MR) is 94.7 cm³/mol. The molecule has 0 saturated heterocycles. The number of carbonyl (C=O) groups is 2. The maximum atomic E-state index is 12.3. The molecule has 1 atom stereocenters. The largest absolute Gasteiger partial charge is 0.479 e. The summed E-state index contributed by atoms with van der Waals surface area (Å²) in [7, 11) is 0. The molecule has 2 heterocycles. The minimum atomic E-state index is -0.579. The number of halogens is 1. The summed E-state index contributed by atoms with van der Waals surface area (Å²) in [5.74, 6) is 0.273. The third kappa shape index (κ3) is 4.07. The molecule has 2 aliphatic heterocycles. The molecule has 1 unspecified atom stereocenters. The van der Waals surface area contributed by atoms with Crippen LogP contribution in [0.4, 0.5) is 5.69 Å². The van der Waals surface area contributed by atoms with E-state index in [0.29, 0.717) is 18.0 Å². The molecule has 1 aromatic carbocycles. The fourth-order valence-electron chi connectivity index (χ4n) is 2.76. The monoisotopic (exact) mass is 351 g/mol. The lowest BCUT2D eigenvalue weighted by Crippen LogP contribution is -2.49. The molecular formula is C17H22ClN3O3. The van der Waals surface area contributed by atoms with Crippen molar-refractivity contribution in [2.45, 2.75) is 19.4 Å². The predicted octanol–water partition coefficient (Wildman–Crippen LogP) is 1.26. The highest BCUT2D eigenvalue weighted by Gasteiger charge is 2.32. The van der Waals surface area contributed by atoms with Gasteiger partial charge in [-0.1, -0.05) is 23.8 Å². The molecular weight excluding hydrogens is 330 g/mol. The van der Waals surface area contributed by atoms with Crippen LogP contribution in [-0.2, 0) is 9.59 Å². The van der Waals surface area contributed by atoms with E-state index < -0.39 is 6.10 Å². The minimum absolute atomic E-state index is 0. The standard InChI is InChI=1S/C17H21N3O3.ClH/c1-12-17(22)20(14-4-2-3-5-15(14)23-12)11-16(21)19-10-13-6-8-18-9-7-13;/h2-6,12,18H,7-11H2,1H3,(H,19,21);1H. The van der Waals surface area contributed by atoms with Gasteiger partial charge in [0, 0.05) is 13.1 Å². The molecule has 0 aromatic heterocycles. The molecule has 7 heteroatoms. The zero-order valence-corrected chi connectivity index (χ0v) is 14.4. The van der Waals surface area contributed by atoms with Crippen molar-refractivity contribution in [3.05, 3.63) is 35.9 Å². The average molecular weight is 352 g/mol. The normalized spacial score (nSPS) is 19.5. The van der Waals surface area contributed by atoms with Gasteiger partial charge in [-0.15, -0.1) is 12.4 Å². The topological polar surface area (TPSA) is 70.7 Å². The second-order valence-corrected chi connectivity index (χ2v) is 5.75. The Morgan fingerprint density at radius 3 is 2.96 bits per heavy atom. The van der Waals surface area contributed by atoms with Crippen molar-refractivity contribution >= 4 is 29.9 Å². The van der Waals surface area contributed by atoms with E-state index in [1.165, 1.54) is 10.5 Å². The van der Waals surface area contributed by atoms with E-state index in [1.54, 1.807) is 13.0 Å². The second-order valence-electron chi connectivity index (χ2n) is 5.75. The van der Waals surface area contributed by atoms with Gasteiger partial charge in [-0.3, -0.25) is 14.5 Å². The highest BCUT2D eigenvalue weighted by molar-refractivity contribution is 6.03. The third-order valence-corrected chi connectivity index (χ3v) is 4.05. The van der Waals surface area contributed by atoms with Crippen molar-refractivity contribution < 1.29 is 14.3 Å². The van der Waals surface area contributed by atoms with Crippen molar-refractivity contribution in [2.75, 3.05) is 31.1 Å². The quantitative estimate of drug-likeness (QED) is 0.801. The highest BCUT2D eigenvalue weighted by atomic mass is 35.5. The van der Waals surface area contributed by atoms with Crippen LogP contribution in [0.15, 0.2) is 35.9 Å². The van der Waals surface area contributed by atoms with E-state index in [1.807, 2.05) is 18.2 Å². The number of hydrogen-bond acceptors (Lipinski definition) is 4. The molecule has 130 valence electrons. The van der Waals surface area contributed by atoms with E-state index in [-0.39, 0.29) is 30.8 Å². The Morgan fingerprint density at radius 2 is 2.21 bits per heavy atom. The van der Waals surface area contributed by atoms with Gasteiger partial charge in [-0.25, -0.2) is 0 Å². The lowest BCUT2D eigenvalue weighted by molar-refractivity contribution is -0.128. The zero-order chi connectivity index (χ0) is 16.2. The Kier molecular flexibility index (Phi) is 6.23. The Balaban J connectivity index is 0.00000208. The van der Waals surface area contributed by atoms with Crippen molar-refractivity contribution in [2.24, 2.45) is 0 Å². The molecule has 24 heavy (non-hydrogen) atoms. The maximum absolute atomic E-state index is 12.3. The molecule has 1 aromatic rings. The van der Waals surface area contributed by atoms with Crippen LogP contribution >= 0.6 is 12.4 Å². The lowest BCUT2D eigenvalue weighted by atomic mass is 10.1. The van der Waals surface area contributed by atoms with E-state index in [9.17, 15) is 9.59 Å². The van der Waals surface area contributed by atoms with E-state index in [4.69, 9.17) is 4.74 Å². The van der Waals surface area contributed by atoms with Crippen LogP contribution in [0.25, 0.3) is 0 Å². The molecule has 0 radical (unpaired) electrons.